The van der Waals surface area contributed by atoms with E-state index < -0.39 is 12.6 Å². The highest BCUT2D eigenvalue weighted by atomic mass is 19.4. The third-order valence-electron chi connectivity index (χ3n) is 3.04. The fraction of sp³-hybridized carbons (Fsp3) is 1.00. The maximum atomic E-state index is 12.2. The minimum absolute atomic E-state index is 0.00208. The second kappa shape index (κ2) is 9.59. The zero-order valence-electron chi connectivity index (χ0n) is 12.5. The van der Waals surface area contributed by atoms with Crippen LogP contribution in [0.5, 0.6) is 0 Å². The number of nitrogens with one attached hydrogen (secondary N) is 1. The zero-order chi connectivity index (χ0) is 14.9. The summed E-state index contributed by atoms with van der Waals surface area (Å²) < 4.78 is 42.3. The van der Waals surface area contributed by atoms with E-state index in [1.165, 1.54) is 0 Å². The first-order valence-electron chi connectivity index (χ1n) is 7.23. The molecule has 2 unspecified atom stereocenters. The average molecular weight is 283 g/mol. The lowest BCUT2D eigenvalue weighted by Crippen LogP contribution is -2.44. The Balaban J connectivity index is 4.41. The molecule has 0 rings (SSSR count). The number of rotatable bonds is 10. The van der Waals surface area contributed by atoms with Crippen molar-refractivity contribution in [3.05, 3.63) is 0 Å². The van der Waals surface area contributed by atoms with Crippen LogP contribution in [-0.2, 0) is 4.74 Å². The van der Waals surface area contributed by atoms with E-state index >= 15 is 0 Å². The highest BCUT2D eigenvalue weighted by Gasteiger charge is 2.29. The Hall–Kier alpha value is -0.290. The van der Waals surface area contributed by atoms with Crippen LogP contribution in [0.2, 0.25) is 0 Å². The van der Waals surface area contributed by atoms with Crippen molar-refractivity contribution in [2.75, 3.05) is 13.2 Å². The van der Waals surface area contributed by atoms with Crippen molar-refractivity contribution < 1.29 is 17.9 Å². The Kier molecular flexibility index (Phi) is 9.44. The lowest BCUT2D eigenvalue weighted by molar-refractivity contribution is -0.136. The number of alkyl halides is 3. The van der Waals surface area contributed by atoms with Crippen molar-refractivity contribution in [1.29, 1.82) is 0 Å². The van der Waals surface area contributed by atoms with Gasteiger partial charge in [0, 0.05) is 19.1 Å². The fourth-order valence-electron chi connectivity index (χ4n) is 2.20. The monoisotopic (exact) mass is 283 g/mol. The molecule has 0 saturated carbocycles. The van der Waals surface area contributed by atoms with Gasteiger partial charge in [0.2, 0.25) is 0 Å². The fourth-order valence-corrected chi connectivity index (χ4v) is 2.20. The number of hydrogen-bond donors (Lipinski definition) is 1. The lowest BCUT2D eigenvalue weighted by Gasteiger charge is -2.31. The molecule has 1 N–H and O–H groups in total. The van der Waals surface area contributed by atoms with E-state index in [4.69, 9.17) is 4.74 Å². The second-order valence-electron chi connectivity index (χ2n) is 5.23. The van der Waals surface area contributed by atoms with Crippen LogP contribution in [0.3, 0.4) is 0 Å². The second-order valence-corrected chi connectivity index (χ2v) is 5.23. The van der Waals surface area contributed by atoms with E-state index in [-0.39, 0.29) is 18.6 Å². The predicted octanol–water partition coefficient (Wildman–Crippen LogP) is 4.15. The van der Waals surface area contributed by atoms with E-state index in [2.05, 4.69) is 5.32 Å². The molecule has 0 fully saturated rings. The van der Waals surface area contributed by atoms with Crippen LogP contribution in [0.15, 0.2) is 0 Å². The van der Waals surface area contributed by atoms with Crippen LogP contribution < -0.4 is 5.32 Å². The summed E-state index contributed by atoms with van der Waals surface area (Å²) in [6, 6.07) is 0.00208. The molecular formula is C14H28F3NO. The van der Waals surface area contributed by atoms with Crippen LogP contribution in [0.25, 0.3) is 0 Å². The van der Waals surface area contributed by atoms with Crippen molar-refractivity contribution in [2.45, 2.75) is 71.7 Å². The van der Waals surface area contributed by atoms with Crippen molar-refractivity contribution in [2.24, 2.45) is 5.92 Å². The van der Waals surface area contributed by atoms with E-state index in [0.717, 1.165) is 13.0 Å². The Labute approximate surface area is 115 Å². The summed E-state index contributed by atoms with van der Waals surface area (Å²) in [6.45, 7) is 9.46. The summed E-state index contributed by atoms with van der Waals surface area (Å²) >= 11 is 0. The van der Waals surface area contributed by atoms with Gasteiger partial charge in [-0.25, -0.2) is 0 Å². The number of ether oxygens (including phenoxy) is 1. The first-order valence-corrected chi connectivity index (χ1v) is 7.23. The smallest absolute Gasteiger partial charge is 0.377 e. The van der Waals surface area contributed by atoms with Crippen molar-refractivity contribution >= 4 is 0 Å². The molecule has 19 heavy (non-hydrogen) atoms. The summed E-state index contributed by atoms with van der Waals surface area (Å²) in [5, 5.41) is 3.33. The Morgan fingerprint density at radius 2 is 1.79 bits per heavy atom. The van der Waals surface area contributed by atoms with Crippen LogP contribution in [0.1, 0.15) is 53.4 Å². The first kappa shape index (κ1) is 18.7. The molecule has 0 aromatic carbocycles. The molecule has 0 radical (unpaired) electrons. The highest BCUT2D eigenvalue weighted by Crippen LogP contribution is 2.24. The van der Waals surface area contributed by atoms with Crippen molar-refractivity contribution in [3.8, 4) is 0 Å². The van der Waals surface area contributed by atoms with Crippen LogP contribution in [0.4, 0.5) is 13.2 Å². The standard InChI is InChI=1S/C14H28F3NO/c1-5-10-18-12(8-7-9-14(15,16)17)13(11(3)4)19-6-2/h11-13,18H,5-10H2,1-4H3. The molecule has 0 amide bonds. The first-order chi connectivity index (χ1) is 8.81. The van der Waals surface area contributed by atoms with Gasteiger partial charge in [-0.1, -0.05) is 20.8 Å². The summed E-state index contributed by atoms with van der Waals surface area (Å²) in [6.07, 6.45) is -3.18. The Morgan fingerprint density at radius 3 is 2.21 bits per heavy atom. The van der Waals surface area contributed by atoms with Gasteiger partial charge >= 0.3 is 6.18 Å². The molecule has 0 spiro atoms. The van der Waals surface area contributed by atoms with Gasteiger partial charge in [0.25, 0.3) is 0 Å². The summed E-state index contributed by atoms with van der Waals surface area (Å²) in [5.74, 6) is 0.292. The van der Waals surface area contributed by atoms with Crippen LogP contribution >= 0.6 is 0 Å². The van der Waals surface area contributed by atoms with Crippen molar-refractivity contribution in [1.82, 2.24) is 5.32 Å². The Morgan fingerprint density at radius 1 is 1.16 bits per heavy atom. The topological polar surface area (TPSA) is 21.3 Å². The molecule has 0 aliphatic carbocycles. The lowest BCUT2D eigenvalue weighted by atomic mass is 9.95. The average Bonchev–Trinajstić information content (AvgIpc) is 2.29. The third kappa shape index (κ3) is 9.27. The molecule has 116 valence electrons. The normalized spacial score (nSPS) is 15.8. The minimum atomic E-state index is -4.06. The van der Waals surface area contributed by atoms with E-state index in [1.807, 2.05) is 27.7 Å². The number of hydrogen-bond acceptors (Lipinski definition) is 2. The zero-order valence-corrected chi connectivity index (χ0v) is 12.5. The SMILES string of the molecule is CCCNC(CCCC(F)(F)F)C(OCC)C(C)C. The maximum absolute atomic E-state index is 12.2. The van der Waals surface area contributed by atoms with Gasteiger partial charge in [0.1, 0.15) is 0 Å². The molecule has 2 nitrogen and oxygen atoms in total. The van der Waals surface area contributed by atoms with Gasteiger partial charge in [-0.15, -0.1) is 0 Å². The quantitative estimate of drug-likeness (QED) is 0.650. The highest BCUT2D eigenvalue weighted by molar-refractivity contribution is 4.80. The summed E-state index contributed by atoms with van der Waals surface area (Å²) in [5.41, 5.74) is 0. The van der Waals surface area contributed by atoms with Gasteiger partial charge in [-0.2, -0.15) is 13.2 Å². The van der Waals surface area contributed by atoms with Crippen molar-refractivity contribution in [3.63, 3.8) is 0 Å². The van der Waals surface area contributed by atoms with Crippen LogP contribution in [0, 0.1) is 5.92 Å². The molecule has 5 heteroatoms. The molecule has 0 aromatic heterocycles. The van der Waals surface area contributed by atoms with Gasteiger partial charge in [-0.3, -0.25) is 0 Å². The van der Waals surface area contributed by atoms with E-state index in [0.29, 0.717) is 18.9 Å². The Bertz CT molecular complexity index is 219. The summed E-state index contributed by atoms with van der Waals surface area (Å²) in [7, 11) is 0. The molecule has 0 heterocycles. The molecule has 0 aliphatic heterocycles. The summed E-state index contributed by atoms with van der Waals surface area (Å²) in [4.78, 5) is 0. The van der Waals surface area contributed by atoms with Crippen LogP contribution in [-0.4, -0.2) is 31.5 Å². The third-order valence-corrected chi connectivity index (χ3v) is 3.04. The minimum Gasteiger partial charge on any atom is -0.377 e. The number of halogens is 3. The molecular weight excluding hydrogens is 255 g/mol. The van der Waals surface area contributed by atoms with E-state index in [1.54, 1.807) is 0 Å². The maximum Gasteiger partial charge on any atom is 0.389 e. The molecule has 2 atom stereocenters. The predicted molar refractivity (Wildman–Crippen MR) is 72.2 cm³/mol. The molecule has 0 bridgehead atoms. The molecule has 0 aromatic rings. The molecule has 0 saturated heterocycles. The van der Waals surface area contributed by atoms with Gasteiger partial charge in [0.05, 0.1) is 6.10 Å². The largest absolute Gasteiger partial charge is 0.389 e. The molecule has 0 aliphatic rings. The van der Waals surface area contributed by atoms with Gasteiger partial charge in [-0.05, 0) is 38.6 Å². The van der Waals surface area contributed by atoms with E-state index in [9.17, 15) is 13.2 Å². The van der Waals surface area contributed by atoms with Gasteiger partial charge in [0.15, 0.2) is 0 Å². The van der Waals surface area contributed by atoms with Gasteiger partial charge < -0.3 is 10.1 Å².